The summed E-state index contributed by atoms with van der Waals surface area (Å²) in [7, 11) is 1.56. The first kappa shape index (κ1) is 32.2. The third-order valence-electron chi connectivity index (χ3n) is 9.01. The summed E-state index contributed by atoms with van der Waals surface area (Å²) in [5.74, 6) is -1.16. The molecule has 3 unspecified atom stereocenters. The Bertz CT molecular complexity index is 1460. The van der Waals surface area contributed by atoms with Crippen LogP contribution in [0, 0.1) is 11.8 Å². The molecule has 0 saturated carbocycles. The first-order chi connectivity index (χ1) is 21.8. The second-order valence-corrected chi connectivity index (χ2v) is 12.5. The lowest BCUT2D eigenvalue weighted by Gasteiger charge is -2.32. The van der Waals surface area contributed by atoms with E-state index < -0.39 is 17.3 Å². The molecule has 2 N–H and O–H groups in total. The van der Waals surface area contributed by atoms with Crippen LogP contribution in [-0.4, -0.2) is 70.8 Å². The number of thiol groups is 1. The third kappa shape index (κ3) is 7.22. The molecule has 5 amide bonds. The molecule has 3 aliphatic rings. The van der Waals surface area contributed by atoms with E-state index in [1.54, 1.807) is 36.2 Å². The molecule has 2 heterocycles. The number of nitrogens with zero attached hydrogens (tertiary/aromatic N) is 2. The van der Waals surface area contributed by atoms with E-state index in [2.05, 4.69) is 35.4 Å². The Hall–Kier alpha value is -4.18. The molecule has 2 aromatic carbocycles. The van der Waals surface area contributed by atoms with Gasteiger partial charge in [0.1, 0.15) is 12.1 Å². The number of unbranched alkanes of at least 4 members (excludes halogenated alkanes) is 1. The Labute approximate surface area is 269 Å². The molecule has 10 heteroatoms. The second kappa shape index (κ2) is 14.7. The summed E-state index contributed by atoms with van der Waals surface area (Å²) in [6, 6.07) is 14.4. The van der Waals surface area contributed by atoms with Crippen molar-refractivity contribution in [3.63, 3.8) is 0 Å². The van der Waals surface area contributed by atoms with Gasteiger partial charge in [0, 0.05) is 20.1 Å². The van der Waals surface area contributed by atoms with Gasteiger partial charge in [-0.1, -0.05) is 73.2 Å². The summed E-state index contributed by atoms with van der Waals surface area (Å²) in [5, 5.41) is 5.01. The van der Waals surface area contributed by atoms with Gasteiger partial charge in [-0.2, -0.15) is 12.6 Å². The number of rotatable bonds is 11. The Kier molecular flexibility index (Phi) is 10.5. The van der Waals surface area contributed by atoms with E-state index in [0.717, 1.165) is 6.42 Å². The third-order valence-corrected chi connectivity index (χ3v) is 9.50. The lowest BCUT2D eigenvalue weighted by atomic mass is 9.81. The van der Waals surface area contributed by atoms with Crippen LogP contribution < -0.4 is 10.6 Å². The van der Waals surface area contributed by atoms with E-state index >= 15 is 0 Å². The molecule has 0 bridgehead atoms. The van der Waals surface area contributed by atoms with Gasteiger partial charge < -0.3 is 15.5 Å². The molecule has 9 nitrogen and oxygen atoms in total. The van der Waals surface area contributed by atoms with Crippen molar-refractivity contribution in [2.75, 3.05) is 20.1 Å². The Morgan fingerprint density at radius 3 is 2.27 bits per heavy atom. The zero-order valence-corrected chi connectivity index (χ0v) is 26.3. The number of imide groups is 1. The molecule has 2 aliphatic heterocycles. The number of carbonyl (C=O) groups is 5. The number of likely N-dealkylation sites (tertiary alicyclic amines) is 1. The van der Waals surface area contributed by atoms with Gasteiger partial charge in [0.25, 0.3) is 11.8 Å². The van der Waals surface area contributed by atoms with Gasteiger partial charge in [0.2, 0.25) is 17.7 Å². The number of likely N-dealkylation sites (N-methyl/N-ethyl adjacent to an activating group) is 1. The number of hydrogen-bond acceptors (Lipinski definition) is 6. The average molecular weight is 629 g/mol. The maximum atomic E-state index is 14.1. The van der Waals surface area contributed by atoms with Crippen molar-refractivity contribution in [2.45, 2.75) is 55.9 Å². The molecule has 1 saturated heterocycles. The fraction of sp³-hybridized carbons (Fsp3) is 0.400. The molecule has 1 aliphatic carbocycles. The monoisotopic (exact) mass is 628 g/mol. The lowest BCUT2D eigenvalue weighted by Crippen LogP contribution is -2.52. The quantitative estimate of drug-likeness (QED) is 0.197. The van der Waals surface area contributed by atoms with Crippen LogP contribution >= 0.6 is 12.6 Å². The molecule has 0 spiro atoms. The van der Waals surface area contributed by atoms with Crippen LogP contribution in [0.2, 0.25) is 0 Å². The highest BCUT2D eigenvalue weighted by Crippen LogP contribution is 2.34. The molecule has 236 valence electrons. The van der Waals surface area contributed by atoms with Crippen molar-refractivity contribution in [3.8, 4) is 0 Å². The van der Waals surface area contributed by atoms with Crippen molar-refractivity contribution in [1.82, 2.24) is 20.4 Å². The van der Waals surface area contributed by atoms with Crippen LogP contribution in [0.5, 0.6) is 0 Å². The molecule has 45 heavy (non-hydrogen) atoms. The summed E-state index contributed by atoms with van der Waals surface area (Å²) in [6.45, 7) is 0.648. The highest BCUT2D eigenvalue weighted by Gasteiger charge is 2.40. The predicted octanol–water partition coefficient (Wildman–Crippen LogP) is 4.09. The number of carbonyl (C=O) groups excluding carboxylic acids is 5. The Morgan fingerprint density at radius 2 is 1.62 bits per heavy atom. The highest BCUT2D eigenvalue weighted by atomic mass is 32.1. The first-order valence-corrected chi connectivity index (χ1v) is 16.2. The second-order valence-electron chi connectivity index (χ2n) is 11.8. The number of amides is 5. The zero-order chi connectivity index (χ0) is 31.9. The number of benzene rings is 2. The van der Waals surface area contributed by atoms with Crippen LogP contribution in [0.25, 0.3) is 0 Å². The summed E-state index contributed by atoms with van der Waals surface area (Å²) < 4.78 is 0. The maximum absolute atomic E-state index is 14.1. The molecule has 0 aromatic heterocycles. The summed E-state index contributed by atoms with van der Waals surface area (Å²) in [5.41, 5.74) is 1.54. The van der Waals surface area contributed by atoms with Crippen LogP contribution in [-0.2, 0) is 14.4 Å². The van der Waals surface area contributed by atoms with E-state index in [-0.39, 0.29) is 47.9 Å². The highest BCUT2D eigenvalue weighted by molar-refractivity contribution is 7.81. The first-order valence-electron chi connectivity index (χ1n) is 15.6. The molecular weight excluding hydrogens is 588 g/mol. The Balaban J connectivity index is 1.24. The maximum Gasteiger partial charge on any atom is 0.261 e. The molecule has 2 aromatic rings. The minimum atomic E-state index is -0.822. The number of allylic oxidation sites excluding steroid dienone is 4. The largest absolute Gasteiger partial charge is 0.357 e. The summed E-state index contributed by atoms with van der Waals surface area (Å²) >= 11 is 4.56. The molecule has 5 rings (SSSR count). The van der Waals surface area contributed by atoms with Gasteiger partial charge in [0.15, 0.2) is 0 Å². The van der Waals surface area contributed by atoms with E-state index in [1.807, 2.05) is 42.5 Å². The normalized spacial score (nSPS) is 22.5. The number of fused-ring (bicyclic) bond motifs is 1. The van der Waals surface area contributed by atoms with Crippen molar-refractivity contribution >= 4 is 42.2 Å². The van der Waals surface area contributed by atoms with E-state index in [4.69, 9.17) is 0 Å². The van der Waals surface area contributed by atoms with Crippen LogP contribution in [0.4, 0.5) is 0 Å². The zero-order valence-electron chi connectivity index (χ0n) is 25.4. The fourth-order valence-electron chi connectivity index (χ4n) is 6.55. The smallest absolute Gasteiger partial charge is 0.261 e. The average Bonchev–Trinajstić information content (AvgIpc) is 3.20. The lowest BCUT2D eigenvalue weighted by molar-refractivity contribution is -0.143. The van der Waals surface area contributed by atoms with Gasteiger partial charge in [-0.15, -0.1) is 0 Å². The van der Waals surface area contributed by atoms with Gasteiger partial charge in [-0.3, -0.25) is 28.9 Å². The Morgan fingerprint density at radius 1 is 0.933 bits per heavy atom. The molecular formula is C35H40N4O5S. The summed E-state index contributed by atoms with van der Waals surface area (Å²) in [6.07, 6.45) is 11.8. The van der Waals surface area contributed by atoms with Gasteiger partial charge in [-0.05, 0) is 61.6 Å². The van der Waals surface area contributed by atoms with E-state index in [1.165, 1.54) is 4.90 Å². The van der Waals surface area contributed by atoms with Crippen LogP contribution in [0.15, 0.2) is 78.9 Å². The fourth-order valence-corrected chi connectivity index (χ4v) is 6.80. The van der Waals surface area contributed by atoms with Gasteiger partial charge >= 0.3 is 0 Å². The number of hydrogen-bond donors (Lipinski definition) is 3. The van der Waals surface area contributed by atoms with Gasteiger partial charge in [-0.25, -0.2) is 0 Å². The van der Waals surface area contributed by atoms with Crippen LogP contribution in [0.1, 0.15) is 70.8 Å². The SMILES string of the molecule is CNC(=O)C(c1ccccc1)N1CC[C@@H](C2C=CC=CC2)C[C@H](NC(=O)C(S)CCCCN2C(=O)c3ccccc3C2=O)C1=O. The molecule has 1 fully saturated rings. The van der Waals surface area contributed by atoms with Crippen molar-refractivity contribution in [3.05, 3.63) is 95.6 Å². The van der Waals surface area contributed by atoms with Gasteiger partial charge in [0.05, 0.1) is 16.4 Å². The van der Waals surface area contributed by atoms with Crippen molar-refractivity contribution in [2.24, 2.45) is 11.8 Å². The topological polar surface area (TPSA) is 116 Å². The molecule has 0 radical (unpaired) electrons. The van der Waals surface area contributed by atoms with Crippen LogP contribution in [0.3, 0.4) is 0 Å². The minimum absolute atomic E-state index is 0.129. The standard InChI is InChI=1S/C35H40N4O5S/c1-36-32(41)30(24-14-6-3-7-15-24)38-21-19-25(23-12-4-2-5-13-23)22-28(35(38)44)37-31(40)29(45)18-10-11-20-39-33(42)26-16-8-9-17-27(26)34(39)43/h2-9,12,14-17,23,25,28-30,45H,10-11,13,18-22H2,1H3,(H,36,41)(H,37,40)/t23?,25-,28+,29?,30?/m1/s1. The number of nitrogens with one attached hydrogen (secondary N) is 2. The predicted molar refractivity (Wildman–Crippen MR) is 174 cm³/mol. The minimum Gasteiger partial charge on any atom is -0.357 e. The summed E-state index contributed by atoms with van der Waals surface area (Å²) in [4.78, 5) is 68.9. The van der Waals surface area contributed by atoms with E-state index in [0.29, 0.717) is 55.3 Å². The van der Waals surface area contributed by atoms with E-state index in [9.17, 15) is 24.0 Å². The van der Waals surface area contributed by atoms with Crippen molar-refractivity contribution in [1.29, 1.82) is 0 Å². The van der Waals surface area contributed by atoms with Crippen molar-refractivity contribution < 1.29 is 24.0 Å². The molecule has 5 atom stereocenters.